The predicted octanol–water partition coefficient (Wildman–Crippen LogP) is 0.0968. The molecule has 17 heavy (non-hydrogen) atoms. The maximum absolute atomic E-state index is 11.8. The van der Waals surface area contributed by atoms with Crippen LogP contribution in [0.2, 0.25) is 0 Å². The van der Waals surface area contributed by atoms with Crippen molar-refractivity contribution in [3.8, 4) is 0 Å². The van der Waals surface area contributed by atoms with Crippen LogP contribution in [-0.4, -0.2) is 41.9 Å². The van der Waals surface area contributed by atoms with Crippen LogP contribution in [-0.2, 0) is 9.59 Å². The van der Waals surface area contributed by atoms with Crippen LogP contribution >= 0.6 is 0 Å². The van der Waals surface area contributed by atoms with Gasteiger partial charge in [0, 0.05) is 26.1 Å². The smallest absolute Gasteiger partial charge is 0.237 e. The molecule has 0 aromatic carbocycles. The van der Waals surface area contributed by atoms with Gasteiger partial charge in [-0.2, -0.15) is 0 Å². The van der Waals surface area contributed by atoms with E-state index in [0.29, 0.717) is 0 Å². The summed E-state index contributed by atoms with van der Waals surface area (Å²) < 4.78 is 0. The van der Waals surface area contributed by atoms with Gasteiger partial charge in [-0.1, -0.05) is 13.8 Å². The average Bonchev–Trinajstić information content (AvgIpc) is 2.28. The van der Waals surface area contributed by atoms with Crippen molar-refractivity contribution in [3.05, 3.63) is 0 Å². The Kier molecular flexibility index (Phi) is 4.93. The minimum Gasteiger partial charge on any atom is -0.352 e. The van der Waals surface area contributed by atoms with E-state index in [9.17, 15) is 9.59 Å². The van der Waals surface area contributed by atoms with E-state index in [1.54, 1.807) is 6.92 Å². The monoisotopic (exact) mass is 241 g/mol. The third-order valence-corrected chi connectivity index (χ3v) is 3.31. The number of nitrogens with zero attached hydrogens (tertiary/aromatic N) is 1. The summed E-state index contributed by atoms with van der Waals surface area (Å²) in [5, 5.41) is 2.96. The number of hydrogen-bond donors (Lipinski definition) is 2. The number of amides is 2. The fourth-order valence-electron chi connectivity index (χ4n) is 1.94. The van der Waals surface area contributed by atoms with Gasteiger partial charge in [0.25, 0.3) is 0 Å². The van der Waals surface area contributed by atoms with Gasteiger partial charge in [0.2, 0.25) is 11.8 Å². The van der Waals surface area contributed by atoms with Crippen LogP contribution in [0.5, 0.6) is 0 Å². The third kappa shape index (κ3) is 4.00. The molecule has 1 unspecified atom stereocenters. The standard InChI is InChI=1S/C12H23N3O2/c1-8(2)11(13)12(17)14-10-4-6-15(7-5-10)9(3)16/h8,10-11H,4-7,13H2,1-3H3,(H,14,17). The number of nitrogens with one attached hydrogen (secondary N) is 1. The molecule has 1 fully saturated rings. The lowest BCUT2D eigenvalue weighted by atomic mass is 10.0. The Hall–Kier alpha value is -1.10. The lowest BCUT2D eigenvalue weighted by molar-refractivity contribution is -0.130. The van der Waals surface area contributed by atoms with Crippen molar-refractivity contribution >= 4 is 11.8 Å². The van der Waals surface area contributed by atoms with Crippen molar-refractivity contribution in [3.63, 3.8) is 0 Å². The maximum Gasteiger partial charge on any atom is 0.237 e. The Morgan fingerprint density at radius 3 is 2.24 bits per heavy atom. The van der Waals surface area contributed by atoms with Gasteiger partial charge < -0.3 is 16.0 Å². The molecule has 0 aromatic rings. The Labute approximate surface area is 103 Å². The number of piperidine rings is 1. The zero-order chi connectivity index (χ0) is 13.0. The van der Waals surface area contributed by atoms with Crippen molar-refractivity contribution in [1.29, 1.82) is 0 Å². The fourth-order valence-corrected chi connectivity index (χ4v) is 1.94. The topological polar surface area (TPSA) is 75.4 Å². The molecule has 1 aliphatic rings. The van der Waals surface area contributed by atoms with Crippen molar-refractivity contribution < 1.29 is 9.59 Å². The number of hydrogen-bond acceptors (Lipinski definition) is 3. The van der Waals surface area contributed by atoms with Gasteiger partial charge in [-0.05, 0) is 18.8 Å². The minimum absolute atomic E-state index is 0.0822. The van der Waals surface area contributed by atoms with E-state index in [4.69, 9.17) is 5.73 Å². The zero-order valence-corrected chi connectivity index (χ0v) is 10.9. The molecule has 2 amide bonds. The maximum atomic E-state index is 11.8. The number of rotatable bonds is 3. The van der Waals surface area contributed by atoms with Gasteiger partial charge in [-0.3, -0.25) is 9.59 Å². The lowest BCUT2D eigenvalue weighted by Gasteiger charge is -2.32. The molecule has 1 atom stereocenters. The van der Waals surface area contributed by atoms with Gasteiger partial charge in [0.1, 0.15) is 0 Å². The molecular formula is C12H23N3O2. The van der Waals surface area contributed by atoms with Crippen molar-refractivity contribution in [2.75, 3.05) is 13.1 Å². The molecule has 0 saturated carbocycles. The van der Waals surface area contributed by atoms with Gasteiger partial charge in [-0.25, -0.2) is 0 Å². The summed E-state index contributed by atoms with van der Waals surface area (Å²) in [5.74, 6) is 0.169. The highest BCUT2D eigenvalue weighted by Gasteiger charge is 2.24. The summed E-state index contributed by atoms with van der Waals surface area (Å²) in [4.78, 5) is 24.7. The van der Waals surface area contributed by atoms with Gasteiger partial charge >= 0.3 is 0 Å². The van der Waals surface area contributed by atoms with Crippen LogP contribution in [0.1, 0.15) is 33.6 Å². The molecule has 0 radical (unpaired) electrons. The van der Waals surface area contributed by atoms with E-state index in [1.165, 1.54) is 0 Å². The molecule has 0 aliphatic carbocycles. The first-order valence-corrected chi connectivity index (χ1v) is 6.23. The molecule has 5 heteroatoms. The van der Waals surface area contributed by atoms with Crippen LogP contribution in [0, 0.1) is 5.92 Å². The number of nitrogens with two attached hydrogens (primary N) is 1. The van der Waals surface area contributed by atoms with E-state index in [1.807, 2.05) is 18.7 Å². The minimum atomic E-state index is -0.444. The highest BCUT2D eigenvalue weighted by atomic mass is 16.2. The molecule has 0 spiro atoms. The molecule has 98 valence electrons. The third-order valence-electron chi connectivity index (χ3n) is 3.31. The number of carbonyl (C=O) groups is 2. The summed E-state index contributed by atoms with van der Waals surface area (Å²) in [6.45, 7) is 6.88. The summed E-state index contributed by atoms with van der Waals surface area (Å²) in [7, 11) is 0. The molecule has 0 aromatic heterocycles. The quantitative estimate of drug-likeness (QED) is 0.735. The van der Waals surface area contributed by atoms with Crippen molar-refractivity contribution in [1.82, 2.24) is 10.2 Å². The van der Waals surface area contributed by atoms with Crippen LogP contribution in [0.3, 0.4) is 0 Å². The van der Waals surface area contributed by atoms with Crippen LogP contribution in [0.15, 0.2) is 0 Å². The fraction of sp³-hybridized carbons (Fsp3) is 0.833. The Balaban J connectivity index is 2.35. The molecular weight excluding hydrogens is 218 g/mol. The Morgan fingerprint density at radius 1 is 1.29 bits per heavy atom. The van der Waals surface area contributed by atoms with Crippen LogP contribution < -0.4 is 11.1 Å². The first-order chi connectivity index (χ1) is 7.91. The summed E-state index contributed by atoms with van der Waals surface area (Å²) in [6.07, 6.45) is 1.63. The second-order valence-electron chi connectivity index (χ2n) is 5.06. The van der Waals surface area contributed by atoms with Gasteiger partial charge in [0.15, 0.2) is 0 Å². The highest BCUT2D eigenvalue weighted by Crippen LogP contribution is 2.11. The normalized spacial score (nSPS) is 19.2. The van der Waals surface area contributed by atoms with Crippen molar-refractivity contribution in [2.24, 2.45) is 11.7 Å². The lowest BCUT2D eigenvalue weighted by Crippen LogP contribution is -2.51. The van der Waals surface area contributed by atoms with Crippen molar-refractivity contribution in [2.45, 2.75) is 45.7 Å². The summed E-state index contributed by atoms with van der Waals surface area (Å²) in [6, 6.07) is -0.288. The molecule has 3 N–H and O–H groups in total. The van der Waals surface area contributed by atoms with E-state index < -0.39 is 6.04 Å². The summed E-state index contributed by atoms with van der Waals surface area (Å²) >= 11 is 0. The SMILES string of the molecule is CC(=O)N1CCC(NC(=O)C(N)C(C)C)CC1. The second kappa shape index (κ2) is 6.00. The Bertz CT molecular complexity index is 283. The largest absolute Gasteiger partial charge is 0.352 e. The predicted molar refractivity (Wildman–Crippen MR) is 66.2 cm³/mol. The van der Waals surface area contributed by atoms with Gasteiger partial charge in [0.05, 0.1) is 6.04 Å². The van der Waals surface area contributed by atoms with E-state index >= 15 is 0 Å². The first kappa shape index (κ1) is 14.0. The second-order valence-corrected chi connectivity index (χ2v) is 5.06. The van der Waals surface area contributed by atoms with Crippen LogP contribution in [0.25, 0.3) is 0 Å². The molecule has 1 aliphatic heterocycles. The van der Waals surface area contributed by atoms with E-state index in [0.717, 1.165) is 25.9 Å². The molecule has 0 bridgehead atoms. The van der Waals surface area contributed by atoms with Crippen LogP contribution in [0.4, 0.5) is 0 Å². The summed E-state index contributed by atoms with van der Waals surface area (Å²) in [5.41, 5.74) is 5.78. The molecule has 5 nitrogen and oxygen atoms in total. The van der Waals surface area contributed by atoms with E-state index in [2.05, 4.69) is 5.32 Å². The number of likely N-dealkylation sites (tertiary alicyclic amines) is 1. The number of carbonyl (C=O) groups excluding carboxylic acids is 2. The first-order valence-electron chi connectivity index (χ1n) is 6.23. The van der Waals surface area contributed by atoms with E-state index in [-0.39, 0.29) is 23.8 Å². The average molecular weight is 241 g/mol. The van der Waals surface area contributed by atoms with Gasteiger partial charge in [-0.15, -0.1) is 0 Å². The molecule has 1 rings (SSSR count). The Morgan fingerprint density at radius 2 is 1.82 bits per heavy atom. The molecule has 1 saturated heterocycles. The highest BCUT2D eigenvalue weighted by molar-refractivity contribution is 5.82. The molecule has 1 heterocycles. The zero-order valence-electron chi connectivity index (χ0n) is 10.9.